The molecule has 126 valence electrons. The molecular weight excluding hydrogens is 292 g/mol. The van der Waals surface area contributed by atoms with Gasteiger partial charge >= 0.3 is 0 Å². The van der Waals surface area contributed by atoms with Crippen molar-refractivity contribution >= 4 is 5.91 Å². The quantitative estimate of drug-likeness (QED) is 0.930. The first-order chi connectivity index (χ1) is 10.8. The van der Waals surface area contributed by atoms with E-state index >= 15 is 0 Å². The monoisotopic (exact) mass is 318 g/mol. The molecule has 0 aromatic carbocycles. The lowest BCUT2D eigenvalue weighted by molar-refractivity contribution is -0.160. The number of hydrogen-bond acceptors (Lipinski definition) is 3. The van der Waals surface area contributed by atoms with E-state index in [0.29, 0.717) is 23.1 Å². The van der Waals surface area contributed by atoms with Crippen molar-refractivity contribution < 1.29 is 9.90 Å². The number of aromatic hydroxyl groups is 1. The van der Waals surface area contributed by atoms with E-state index in [4.69, 9.17) is 0 Å². The number of carbonyl (C=O) groups is 1. The summed E-state index contributed by atoms with van der Waals surface area (Å²) in [7, 11) is 0. The second kappa shape index (κ2) is 5.69. The second-order valence-corrected chi connectivity index (χ2v) is 7.56. The number of aryl methyl sites for hydroxylation is 1. The molecular formula is C18H26N2O3. The van der Waals surface area contributed by atoms with Crippen LogP contribution in [-0.2, 0) is 11.3 Å². The fourth-order valence-corrected chi connectivity index (χ4v) is 4.73. The minimum atomic E-state index is -0.326. The van der Waals surface area contributed by atoms with Gasteiger partial charge in [0.1, 0.15) is 12.3 Å². The summed E-state index contributed by atoms with van der Waals surface area (Å²) < 4.78 is 1.44. The summed E-state index contributed by atoms with van der Waals surface area (Å²) in [5.74, 6) is 0.394. The Bertz CT molecular complexity index is 671. The van der Waals surface area contributed by atoms with Gasteiger partial charge in [-0.05, 0) is 31.7 Å². The van der Waals surface area contributed by atoms with E-state index in [-0.39, 0.29) is 23.8 Å². The van der Waals surface area contributed by atoms with Crippen molar-refractivity contribution in [1.82, 2.24) is 9.47 Å². The van der Waals surface area contributed by atoms with E-state index in [1.165, 1.54) is 36.3 Å². The van der Waals surface area contributed by atoms with Crippen LogP contribution in [0.1, 0.15) is 45.2 Å². The van der Waals surface area contributed by atoms with Crippen LogP contribution in [0.25, 0.3) is 0 Å². The predicted molar refractivity (Wildman–Crippen MR) is 88.3 cm³/mol. The molecule has 23 heavy (non-hydrogen) atoms. The van der Waals surface area contributed by atoms with Gasteiger partial charge in [0.05, 0.1) is 0 Å². The number of amides is 1. The fraction of sp³-hybridized carbons (Fsp3) is 0.667. The van der Waals surface area contributed by atoms with Crippen LogP contribution < -0.4 is 5.56 Å². The highest BCUT2D eigenvalue weighted by molar-refractivity contribution is 5.78. The molecule has 5 nitrogen and oxygen atoms in total. The van der Waals surface area contributed by atoms with E-state index in [9.17, 15) is 14.7 Å². The van der Waals surface area contributed by atoms with E-state index < -0.39 is 0 Å². The van der Waals surface area contributed by atoms with Gasteiger partial charge in [-0.1, -0.05) is 26.7 Å². The highest BCUT2D eigenvalue weighted by atomic mass is 16.3. The molecule has 2 aliphatic rings. The highest BCUT2D eigenvalue weighted by Crippen LogP contribution is 2.52. The van der Waals surface area contributed by atoms with Crippen LogP contribution >= 0.6 is 0 Å². The van der Waals surface area contributed by atoms with Crippen LogP contribution in [0, 0.1) is 18.3 Å². The van der Waals surface area contributed by atoms with E-state index in [2.05, 4.69) is 13.8 Å². The highest BCUT2D eigenvalue weighted by Gasteiger charge is 2.55. The maximum atomic E-state index is 12.7. The van der Waals surface area contributed by atoms with E-state index in [1.807, 2.05) is 4.90 Å². The van der Waals surface area contributed by atoms with Crippen molar-refractivity contribution in [3.63, 3.8) is 0 Å². The Morgan fingerprint density at radius 2 is 2.00 bits per heavy atom. The molecule has 1 spiro atoms. The molecule has 0 radical (unpaired) electrons. The lowest BCUT2D eigenvalue weighted by Crippen LogP contribution is -2.67. The average Bonchev–Trinajstić information content (AvgIpc) is 2.90. The average molecular weight is 318 g/mol. The smallest absolute Gasteiger partial charge is 0.254 e. The Balaban J connectivity index is 1.78. The van der Waals surface area contributed by atoms with Crippen LogP contribution in [0.3, 0.4) is 0 Å². The standard InChI is InChI=1S/C18H26N2O3/c1-12(2)17-18(6-4-5-7-18)11-20(17)16(23)10-19-13(3)8-14(21)9-15(19)22/h8-9,12,17,21H,4-7,10-11H2,1-3H3. The van der Waals surface area contributed by atoms with Crippen LogP contribution in [0.4, 0.5) is 0 Å². The maximum Gasteiger partial charge on any atom is 0.254 e. The van der Waals surface area contributed by atoms with Crippen LogP contribution in [-0.4, -0.2) is 33.1 Å². The SMILES string of the molecule is Cc1cc(O)cc(=O)n1CC(=O)N1CC2(CCCC2)C1C(C)C. The van der Waals surface area contributed by atoms with Gasteiger partial charge in [0, 0.05) is 29.8 Å². The summed E-state index contributed by atoms with van der Waals surface area (Å²) in [6.45, 7) is 7.00. The number of nitrogens with zero attached hydrogens (tertiary/aromatic N) is 2. The minimum Gasteiger partial charge on any atom is -0.508 e. The first kappa shape index (κ1) is 16.1. The van der Waals surface area contributed by atoms with Gasteiger partial charge in [-0.25, -0.2) is 0 Å². The molecule has 1 aliphatic heterocycles. The summed E-state index contributed by atoms with van der Waals surface area (Å²) in [5.41, 5.74) is 0.604. The first-order valence-electron chi connectivity index (χ1n) is 8.54. The van der Waals surface area contributed by atoms with Crippen molar-refractivity contribution in [2.24, 2.45) is 11.3 Å². The van der Waals surface area contributed by atoms with Crippen molar-refractivity contribution in [3.05, 3.63) is 28.2 Å². The second-order valence-electron chi connectivity index (χ2n) is 7.56. The summed E-state index contributed by atoms with van der Waals surface area (Å²) in [4.78, 5) is 26.7. The lowest BCUT2D eigenvalue weighted by Gasteiger charge is -2.58. The topological polar surface area (TPSA) is 62.5 Å². The fourth-order valence-electron chi connectivity index (χ4n) is 4.73. The third-order valence-electron chi connectivity index (χ3n) is 5.61. The molecule has 0 bridgehead atoms. The van der Waals surface area contributed by atoms with Crippen molar-refractivity contribution in [1.29, 1.82) is 0 Å². The van der Waals surface area contributed by atoms with E-state index in [0.717, 1.165) is 12.6 Å². The van der Waals surface area contributed by atoms with Crippen LogP contribution in [0.5, 0.6) is 5.75 Å². The molecule has 1 saturated carbocycles. The molecule has 1 aliphatic carbocycles. The Kier molecular flexibility index (Phi) is 3.98. The zero-order valence-electron chi connectivity index (χ0n) is 14.2. The summed E-state index contributed by atoms with van der Waals surface area (Å²) >= 11 is 0. The maximum absolute atomic E-state index is 12.7. The first-order valence-corrected chi connectivity index (χ1v) is 8.54. The number of hydrogen-bond donors (Lipinski definition) is 1. The molecule has 5 heteroatoms. The largest absolute Gasteiger partial charge is 0.508 e. The van der Waals surface area contributed by atoms with Crippen LogP contribution in [0.2, 0.25) is 0 Å². The van der Waals surface area contributed by atoms with Crippen molar-refractivity contribution in [2.45, 2.75) is 59.0 Å². The number of carbonyl (C=O) groups excluding carboxylic acids is 1. The van der Waals surface area contributed by atoms with E-state index in [1.54, 1.807) is 6.92 Å². The lowest BCUT2D eigenvalue weighted by atomic mass is 9.66. The molecule has 1 aromatic rings. The van der Waals surface area contributed by atoms with Gasteiger partial charge in [-0.3, -0.25) is 9.59 Å². The Morgan fingerprint density at radius 3 is 2.57 bits per heavy atom. The number of likely N-dealkylation sites (tertiary alicyclic amines) is 1. The van der Waals surface area contributed by atoms with Crippen LogP contribution in [0.15, 0.2) is 16.9 Å². The molecule has 2 fully saturated rings. The number of aromatic nitrogens is 1. The van der Waals surface area contributed by atoms with Crippen molar-refractivity contribution in [3.8, 4) is 5.75 Å². The molecule has 3 rings (SSSR count). The predicted octanol–water partition coefficient (Wildman–Crippen LogP) is 2.29. The van der Waals surface area contributed by atoms with Gasteiger partial charge in [-0.15, -0.1) is 0 Å². The molecule has 2 heterocycles. The summed E-state index contributed by atoms with van der Waals surface area (Å²) in [6.07, 6.45) is 4.97. The Labute approximate surface area is 136 Å². The number of rotatable bonds is 3. The third kappa shape index (κ3) is 2.66. The zero-order valence-corrected chi connectivity index (χ0v) is 14.2. The molecule has 1 atom stereocenters. The Morgan fingerprint density at radius 1 is 1.35 bits per heavy atom. The van der Waals surface area contributed by atoms with Crippen molar-refractivity contribution in [2.75, 3.05) is 6.54 Å². The van der Waals surface area contributed by atoms with Gasteiger partial charge in [0.25, 0.3) is 5.56 Å². The molecule has 1 unspecified atom stereocenters. The molecule has 1 aromatic heterocycles. The zero-order chi connectivity index (χ0) is 16.8. The van der Waals surface area contributed by atoms with Gasteiger partial charge < -0.3 is 14.6 Å². The van der Waals surface area contributed by atoms with Gasteiger partial charge in [0.15, 0.2) is 0 Å². The molecule has 1 amide bonds. The third-order valence-corrected chi connectivity index (χ3v) is 5.61. The molecule has 1 N–H and O–H groups in total. The number of pyridine rings is 1. The van der Waals surface area contributed by atoms with Gasteiger partial charge in [0.2, 0.25) is 5.91 Å². The summed E-state index contributed by atoms with van der Waals surface area (Å²) in [6, 6.07) is 2.98. The summed E-state index contributed by atoms with van der Waals surface area (Å²) in [5, 5.41) is 9.46. The minimum absolute atomic E-state index is 0.0112. The Hall–Kier alpha value is -1.78. The molecule has 1 saturated heterocycles. The normalized spacial score (nSPS) is 22.6. The van der Waals surface area contributed by atoms with Gasteiger partial charge in [-0.2, -0.15) is 0 Å².